The monoisotopic (exact) mass is 745 g/mol. The number of benzene rings is 1. The number of pyridine rings is 1. The molecule has 1 amide bonds. The molecular formula is C43H59N3O8. The van der Waals surface area contributed by atoms with Crippen molar-refractivity contribution in [2.75, 3.05) is 40.1 Å². The van der Waals surface area contributed by atoms with Crippen molar-refractivity contribution in [3.8, 4) is 11.5 Å². The molecule has 1 aromatic heterocycles. The third-order valence-electron chi connectivity index (χ3n) is 10.8. The average Bonchev–Trinajstić information content (AvgIpc) is 3.17. The molecule has 1 aromatic carbocycles. The van der Waals surface area contributed by atoms with Crippen molar-refractivity contribution in [2.24, 2.45) is 22.9 Å². The van der Waals surface area contributed by atoms with Crippen LogP contribution >= 0.6 is 0 Å². The first kappa shape index (κ1) is 41.0. The fourth-order valence-corrected chi connectivity index (χ4v) is 8.61. The normalized spacial score (nSPS) is 24.7. The second-order valence-electron chi connectivity index (χ2n) is 14.4. The van der Waals surface area contributed by atoms with Crippen LogP contribution < -0.4 is 9.47 Å². The molecular weight excluding hydrogens is 686 g/mol. The standard InChI is InChI=1S/C43H59N3O8/c1-6-9-25-51-42(49)46(21-7-2)39-28-37(45-50-5)35-26-31(16-10-12-22-47)34(18-11-13-23-48)40-36-27-33(52-29-32-17-14-15-30(4)44-32)19-20-38(36)54-43(39,41(35)40)53-24-8-3/h6,8,14-15,17,19-20,26-27,31,34,39-41,47-48H,1,3,7,9-13,16,18,21-25,28-29H2,2,4-5H3/t31-,34+,39-,40+,41+,43+/m0/s1. The molecule has 0 spiro atoms. The number of fused-ring (bicyclic) bond motifs is 2. The lowest BCUT2D eigenvalue weighted by Crippen LogP contribution is -2.70. The maximum absolute atomic E-state index is 14.0. The highest BCUT2D eigenvalue weighted by Crippen LogP contribution is 2.62. The van der Waals surface area contributed by atoms with Crippen LogP contribution in [0.15, 0.2) is 78.5 Å². The van der Waals surface area contributed by atoms with Gasteiger partial charge in [-0.2, -0.15) is 0 Å². The topological polar surface area (TPSA) is 132 Å². The van der Waals surface area contributed by atoms with Gasteiger partial charge in [0.25, 0.3) is 0 Å². The maximum Gasteiger partial charge on any atom is 0.410 e. The van der Waals surface area contributed by atoms with E-state index in [0.717, 1.165) is 53.9 Å². The SMILES string of the molecule is C=CCCOC(=O)N(CCC)[C@H]1CC(=NOC)C2=C[C@H](CCCCO)[C@@H](CCCCO)[C@@H]3c4cc(OCc5cccc(C)n5)ccc4O[C@@]1(OCC=C)[C@H]23. The Balaban J connectivity index is 1.71. The number of rotatable bonds is 21. The van der Waals surface area contributed by atoms with E-state index in [1.165, 1.54) is 0 Å². The second-order valence-corrected chi connectivity index (χ2v) is 14.4. The number of aryl methyl sites for hydroxylation is 1. The zero-order valence-corrected chi connectivity index (χ0v) is 32.3. The Morgan fingerprint density at radius 1 is 1.11 bits per heavy atom. The van der Waals surface area contributed by atoms with Gasteiger partial charge in [-0.1, -0.05) is 49.2 Å². The van der Waals surface area contributed by atoms with Crippen LogP contribution in [0.4, 0.5) is 4.79 Å². The van der Waals surface area contributed by atoms with Crippen LogP contribution in [0.5, 0.6) is 11.5 Å². The van der Waals surface area contributed by atoms with Crippen molar-refractivity contribution in [3.05, 3.63) is 90.3 Å². The van der Waals surface area contributed by atoms with Gasteiger partial charge in [-0.15, -0.1) is 13.2 Å². The molecule has 2 N–H and O–H groups in total. The van der Waals surface area contributed by atoms with E-state index in [9.17, 15) is 15.0 Å². The maximum atomic E-state index is 14.0. The molecule has 0 radical (unpaired) electrons. The van der Waals surface area contributed by atoms with Crippen LogP contribution in [0.2, 0.25) is 0 Å². The Morgan fingerprint density at radius 2 is 1.91 bits per heavy atom. The van der Waals surface area contributed by atoms with E-state index in [2.05, 4.69) is 35.4 Å². The zero-order chi connectivity index (χ0) is 38.5. The molecule has 1 saturated carbocycles. The zero-order valence-electron chi connectivity index (χ0n) is 32.3. The molecule has 2 aliphatic carbocycles. The number of carbonyl (C=O) groups excluding carboxylic acids is 1. The van der Waals surface area contributed by atoms with Gasteiger partial charge in [-0.3, -0.25) is 9.88 Å². The molecule has 11 nitrogen and oxygen atoms in total. The summed E-state index contributed by atoms with van der Waals surface area (Å²) in [6.45, 7) is 13.1. The number of ether oxygens (including phenoxy) is 4. The van der Waals surface area contributed by atoms with Crippen molar-refractivity contribution in [1.82, 2.24) is 9.88 Å². The van der Waals surface area contributed by atoms with E-state index < -0.39 is 23.8 Å². The summed E-state index contributed by atoms with van der Waals surface area (Å²) in [6.07, 6.45) is 11.6. The highest BCUT2D eigenvalue weighted by Gasteiger charge is 2.65. The fourth-order valence-electron chi connectivity index (χ4n) is 8.61. The lowest BCUT2D eigenvalue weighted by Gasteiger charge is -2.59. The second kappa shape index (κ2) is 19.9. The number of oxime groups is 1. The van der Waals surface area contributed by atoms with Gasteiger partial charge in [0, 0.05) is 43.4 Å². The molecule has 1 aliphatic heterocycles. The van der Waals surface area contributed by atoms with Gasteiger partial charge in [0.2, 0.25) is 5.79 Å². The van der Waals surface area contributed by atoms with Crippen LogP contribution in [0.3, 0.4) is 0 Å². The Bertz CT molecular complexity index is 1630. The predicted octanol–water partition coefficient (Wildman–Crippen LogP) is 7.66. The summed E-state index contributed by atoms with van der Waals surface area (Å²) in [6, 6.07) is 11.2. The van der Waals surface area contributed by atoms with Gasteiger partial charge >= 0.3 is 6.09 Å². The van der Waals surface area contributed by atoms with Crippen LogP contribution in [-0.2, 0) is 20.9 Å². The first-order valence-electron chi connectivity index (χ1n) is 19.6. The largest absolute Gasteiger partial charge is 0.487 e. The van der Waals surface area contributed by atoms with E-state index in [4.69, 9.17) is 23.8 Å². The molecule has 2 heterocycles. The van der Waals surface area contributed by atoms with E-state index in [1.807, 2.05) is 44.2 Å². The number of aliphatic hydroxyl groups is 2. The Hall–Kier alpha value is -4.19. The van der Waals surface area contributed by atoms with Crippen LogP contribution in [0.1, 0.15) is 87.6 Å². The summed E-state index contributed by atoms with van der Waals surface area (Å²) < 4.78 is 26.4. The number of amides is 1. The Morgan fingerprint density at radius 3 is 2.61 bits per heavy atom. The highest BCUT2D eigenvalue weighted by molar-refractivity contribution is 6.02. The number of carbonyl (C=O) groups is 1. The Labute approximate surface area is 320 Å². The van der Waals surface area contributed by atoms with Gasteiger partial charge in [-0.25, -0.2) is 4.79 Å². The van der Waals surface area contributed by atoms with Crippen LogP contribution in [-0.4, -0.2) is 83.8 Å². The smallest absolute Gasteiger partial charge is 0.410 e. The first-order chi connectivity index (χ1) is 26.3. The summed E-state index contributed by atoms with van der Waals surface area (Å²) in [5.74, 6) is -0.298. The molecule has 6 atom stereocenters. The molecule has 2 aromatic rings. The number of aromatic nitrogens is 1. The number of hydrogen-bond donors (Lipinski definition) is 2. The summed E-state index contributed by atoms with van der Waals surface area (Å²) in [4.78, 5) is 25.9. The summed E-state index contributed by atoms with van der Waals surface area (Å²) in [5.41, 5.74) is 4.47. The molecule has 0 unspecified atom stereocenters. The minimum Gasteiger partial charge on any atom is -0.487 e. The van der Waals surface area contributed by atoms with Crippen molar-refractivity contribution >= 4 is 11.8 Å². The van der Waals surface area contributed by atoms with E-state index in [0.29, 0.717) is 56.8 Å². The summed E-state index contributed by atoms with van der Waals surface area (Å²) >= 11 is 0. The lowest BCUT2D eigenvalue weighted by atomic mass is 9.55. The van der Waals surface area contributed by atoms with Gasteiger partial charge < -0.3 is 34.0 Å². The molecule has 54 heavy (non-hydrogen) atoms. The van der Waals surface area contributed by atoms with Crippen LogP contribution in [0, 0.1) is 24.7 Å². The number of nitrogens with zero attached hydrogens (tertiary/aromatic N) is 3. The number of allylic oxidation sites excluding steroid dienone is 1. The van der Waals surface area contributed by atoms with E-state index in [-0.39, 0.29) is 44.2 Å². The summed E-state index contributed by atoms with van der Waals surface area (Å²) in [7, 11) is 1.54. The molecule has 5 rings (SSSR count). The first-order valence-corrected chi connectivity index (χ1v) is 19.6. The van der Waals surface area contributed by atoms with Gasteiger partial charge in [0.1, 0.15) is 31.3 Å². The van der Waals surface area contributed by atoms with Crippen LogP contribution in [0.25, 0.3) is 0 Å². The molecule has 11 heteroatoms. The lowest BCUT2D eigenvalue weighted by molar-refractivity contribution is -0.255. The van der Waals surface area contributed by atoms with E-state index in [1.54, 1.807) is 24.2 Å². The minimum atomic E-state index is -1.34. The highest BCUT2D eigenvalue weighted by atomic mass is 16.7. The fraction of sp³-hybridized carbons (Fsp3) is 0.558. The van der Waals surface area contributed by atoms with Crippen molar-refractivity contribution in [3.63, 3.8) is 0 Å². The molecule has 3 aliphatic rings. The number of unbranched alkanes of at least 4 members (excludes halogenated alkanes) is 2. The van der Waals surface area contributed by atoms with Gasteiger partial charge in [0.05, 0.1) is 30.5 Å². The quantitative estimate of drug-likeness (QED) is 0.0751. The van der Waals surface area contributed by atoms with Crippen molar-refractivity contribution in [1.29, 1.82) is 0 Å². The van der Waals surface area contributed by atoms with Gasteiger partial charge in [0.15, 0.2) is 0 Å². The molecule has 0 saturated heterocycles. The van der Waals surface area contributed by atoms with Crippen molar-refractivity contribution < 1.29 is 38.8 Å². The third-order valence-corrected chi connectivity index (χ3v) is 10.8. The Kier molecular flexibility index (Phi) is 15.1. The molecule has 294 valence electrons. The van der Waals surface area contributed by atoms with Gasteiger partial charge in [-0.05, 0) is 93.2 Å². The average molecular weight is 746 g/mol. The molecule has 0 bridgehead atoms. The van der Waals surface area contributed by atoms with E-state index >= 15 is 0 Å². The third kappa shape index (κ3) is 9.18. The summed E-state index contributed by atoms with van der Waals surface area (Å²) in [5, 5.41) is 24.3. The number of aliphatic hydroxyl groups excluding tert-OH is 2. The number of hydrogen-bond acceptors (Lipinski definition) is 10. The van der Waals surface area contributed by atoms with Crippen molar-refractivity contribution in [2.45, 2.75) is 96.0 Å². The molecule has 1 fully saturated rings. The minimum absolute atomic E-state index is 0.105. The predicted molar refractivity (Wildman–Crippen MR) is 208 cm³/mol.